The van der Waals surface area contributed by atoms with Gasteiger partial charge < -0.3 is 20.1 Å². The second-order valence-corrected chi connectivity index (χ2v) is 10.9. The van der Waals surface area contributed by atoms with E-state index < -0.39 is 34.0 Å². The van der Waals surface area contributed by atoms with Crippen molar-refractivity contribution < 1.29 is 27.9 Å². The van der Waals surface area contributed by atoms with Gasteiger partial charge in [0.1, 0.15) is 24.4 Å². The molecule has 1 aliphatic rings. The molecule has 0 bridgehead atoms. The van der Waals surface area contributed by atoms with Gasteiger partial charge in [-0.3, -0.25) is 4.79 Å². The summed E-state index contributed by atoms with van der Waals surface area (Å²) in [5.41, 5.74) is 1.64. The van der Waals surface area contributed by atoms with Crippen LogP contribution in [0.2, 0.25) is 0 Å². The number of nitrogens with zero attached hydrogens (tertiary/aromatic N) is 2. The molecule has 2 atom stereocenters. The van der Waals surface area contributed by atoms with Gasteiger partial charge in [-0.05, 0) is 63.7 Å². The number of benzene rings is 2. The lowest BCUT2D eigenvalue weighted by molar-refractivity contribution is -0.142. The number of aryl methyl sites for hydroxylation is 1. The third kappa shape index (κ3) is 7.03. The molecule has 0 unspecified atom stereocenters. The first-order valence-electron chi connectivity index (χ1n) is 11.6. The number of rotatable bonds is 11. The number of hydrogen-bond donors (Lipinski definition) is 2. The average molecular weight is 504 g/mol. The second-order valence-electron chi connectivity index (χ2n) is 8.99. The maximum Gasteiger partial charge on any atom is 0.326 e. The lowest BCUT2D eigenvalue weighted by Gasteiger charge is -2.25. The van der Waals surface area contributed by atoms with Crippen LogP contribution < -0.4 is 10.1 Å². The molecule has 2 aromatic rings. The van der Waals surface area contributed by atoms with Gasteiger partial charge in [-0.25, -0.2) is 13.2 Å². The predicted molar refractivity (Wildman–Crippen MR) is 132 cm³/mol. The fourth-order valence-electron chi connectivity index (χ4n) is 3.91. The molecule has 1 amide bonds. The Bertz CT molecular complexity index is 1120. The molecule has 0 aromatic heterocycles. The van der Waals surface area contributed by atoms with Crippen molar-refractivity contribution in [1.82, 2.24) is 14.5 Å². The van der Waals surface area contributed by atoms with Crippen molar-refractivity contribution in [3.05, 3.63) is 59.7 Å². The Morgan fingerprint density at radius 2 is 1.80 bits per heavy atom. The summed E-state index contributed by atoms with van der Waals surface area (Å²) in [6.07, 6.45) is 0.926. The summed E-state index contributed by atoms with van der Waals surface area (Å²) in [4.78, 5) is 27.0. The van der Waals surface area contributed by atoms with Crippen LogP contribution in [0.15, 0.2) is 53.4 Å². The topological polar surface area (TPSA) is 116 Å². The van der Waals surface area contributed by atoms with Gasteiger partial charge in [0.25, 0.3) is 0 Å². The molecule has 1 saturated heterocycles. The third-order valence-corrected chi connectivity index (χ3v) is 7.84. The summed E-state index contributed by atoms with van der Waals surface area (Å²) in [6, 6.07) is 11.4. The fourth-order valence-corrected chi connectivity index (χ4v) is 5.56. The number of carboxylic acid groups (broad SMARTS) is 1. The van der Waals surface area contributed by atoms with E-state index in [1.165, 1.54) is 16.4 Å². The van der Waals surface area contributed by atoms with Gasteiger partial charge in [0.05, 0.1) is 4.90 Å². The summed E-state index contributed by atoms with van der Waals surface area (Å²) in [5, 5.41) is 12.3. The summed E-state index contributed by atoms with van der Waals surface area (Å²) in [7, 11) is 0.0334. The van der Waals surface area contributed by atoms with Gasteiger partial charge in [-0.2, -0.15) is 4.31 Å². The number of ether oxygens (including phenoxy) is 1. The minimum Gasteiger partial charge on any atom is -0.492 e. The van der Waals surface area contributed by atoms with E-state index >= 15 is 0 Å². The summed E-state index contributed by atoms with van der Waals surface area (Å²) in [5.74, 6) is -1.11. The molecule has 1 fully saturated rings. The van der Waals surface area contributed by atoms with Gasteiger partial charge in [-0.15, -0.1) is 0 Å². The molecule has 0 saturated carbocycles. The Kier molecular flexibility index (Phi) is 8.87. The highest BCUT2D eigenvalue weighted by Gasteiger charge is 2.40. The molecule has 3 rings (SSSR count). The van der Waals surface area contributed by atoms with Gasteiger partial charge in [0, 0.05) is 19.5 Å². The smallest absolute Gasteiger partial charge is 0.326 e. The first-order valence-corrected chi connectivity index (χ1v) is 13.0. The monoisotopic (exact) mass is 503 g/mol. The van der Waals surface area contributed by atoms with E-state index in [0.717, 1.165) is 12.1 Å². The van der Waals surface area contributed by atoms with Crippen LogP contribution in [-0.2, 0) is 26.0 Å². The van der Waals surface area contributed by atoms with Crippen LogP contribution in [0, 0.1) is 6.92 Å². The molecule has 2 N–H and O–H groups in total. The number of likely N-dealkylation sites (N-methyl/N-ethyl adjacent to an activating group) is 1. The van der Waals surface area contributed by atoms with E-state index in [4.69, 9.17) is 4.74 Å². The Morgan fingerprint density at radius 1 is 1.14 bits per heavy atom. The Morgan fingerprint density at radius 3 is 2.40 bits per heavy atom. The van der Waals surface area contributed by atoms with Crippen molar-refractivity contribution in [2.24, 2.45) is 0 Å². The molecule has 190 valence electrons. The van der Waals surface area contributed by atoms with Gasteiger partial charge in [0.2, 0.25) is 15.9 Å². The molecule has 35 heavy (non-hydrogen) atoms. The molecule has 1 aliphatic heterocycles. The van der Waals surface area contributed by atoms with Crippen LogP contribution in [0.25, 0.3) is 0 Å². The van der Waals surface area contributed by atoms with E-state index in [1.54, 1.807) is 36.4 Å². The Hall–Kier alpha value is -2.95. The molecule has 0 radical (unpaired) electrons. The summed E-state index contributed by atoms with van der Waals surface area (Å²) < 4.78 is 33.1. The van der Waals surface area contributed by atoms with E-state index in [2.05, 4.69) is 5.32 Å². The van der Waals surface area contributed by atoms with E-state index in [9.17, 15) is 23.1 Å². The first-order chi connectivity index (χ1) is 16.6. The van der Waals surface area contributed by atoms with Crippen LogP contribution in [0.5, 0.6) is 5.75 Å². The number of amides is 1. The number of sulfonamides is 1. The highest BCUT2D eigenvalue weighted by molar-refractivity contribution is 7.89. The molecule has 0 spiro atoms. The van der Waals surface area contributed by atoms with Gasteiger partial charge >= 0.3 is 5.97 Å². The SMILES string of the molecule is Cc1ccc(S(=O)(=O)N2CCC[C@H]2C(=O)N[C@@H](Cc2ccc(OCCN(C)C)cc2)C(=O)O)cc1. The normalized spacial score (nSPS) is 17.3. The van der Waals surface area contributed by atoms with E-state index in [0.29, 0.717) is 30.8 Å². The van der Waals surface area contributed by atoms with Crippen LogP contribution in [0.4, 0.5) is 0 Å². The number of hydrogen-bond acceptors (Lipinski definition) is 6. The van der Waals surface area contributed by atoms with Crippen LogP contribution >= 0.6 is 0 Å². The van der Waals surface area contributed by atoms with Crippen molar-refractivity contribution in [3.63, 3.8) is 0 Å². The summed E-state index contributed by atoms with van der Waals surface area (Å²) >= 11 is 0. The molecular weight excluding hydrogens is 470 g/mol. The van der Waals surface area contributed by atoms with Gasteiger partial charge in [-0.1, -0.05) is 29.8 Å². The fraction of sp³-hybridized carbons (Fsp3) is 0.440. The van der Waals surface area contributed by atoms with E-state index in [1.807, 2.05) is 25.9 Å². The van der Waals surface area contributed by atoms with E-state index in [-0.39, 0.29) is 17.9 Å². The molecule has 2 aromatic carbocycles. The van der Waals surface area contributed by atoms with Crippen molar-refractivity contribution in [3.8, 4) is 5.75 Å². The quantitative estimate of drug-likeness (QED) is 0.481. The molecular formula is C25H33N3O6S. The van der Waals surface area contributed by atoms with Crippen LogP contribution in [0.3, 0.4) is 0 Å². The second kappa shape index (κ2) is 11.7. The number of aliphatic carboxylic acids is 1. The summed E-state index contributed by atoms with van der Waals surface area (Å²) in [6.45, 7) is 3.37. The average Bonchev–Trinajstić information content (AvgIpc) is 3.31. The standard InChI is InChI=1S/C25H33N3O6S/c1-18-6-12-21(13-7-18)35(32,33)28-14-4-5-23(28)24(29)26-22(25(30)31)17-19-8-10-20(11-9-19)34-16-15-27(2)3/h6-13,22-23H,4-5,14-17H2,1-3H3,(H,26,29)(H,30,31)/t22-,23-/m0/s1. The van der Waals surface area contributed by atoms with Crippen LogP contribution in [-0.4, -0.2) is 80.5 Å². The zero-order valence-electron chi connectivity index (χ0n) is 20.3. The van der Waals surface area contributed by atoms with Gasteiger partial charge in [0.15, 0.2) is 0 Å². The van der Waals surface area contributed by atoms with Crippen molar-refractivity contribution in [2.75, 3.05) is 33.8 Å². The lowest BCUT2D eigenvalue weighted by Crippen LogP contribution is -2.51. The minimum atomic E-state index is -3.87. The predicted octanol–water partition coefficient (Wildman–Crippen LogP) is 1.90. The number of carbonyl (C=O) groups excluding carboxylic acids is 1. The maximum absolute atomic E-state index is 13.1. The zero-order chi connectivity index (χ0) is 25.6. The molecule has 10 heteroatoms. The molecule has 1 heterocycles. The van der Waals surface area contributed by atoms with Crippen molar-refractivity contribution >= 4 is 21.9 Å². The number of nitrogens with one attached hydrogen (secondary N) is 1. The Balaban J connectivity index is 1.66. The van der Waals surface area contributed by atoms with Crippen molar-refractivity contribution in [2.45, 2.75) is 43.2 Å². The molecule has 9 nitrogen and oxygen atoms in total. The lowest BCUT2D eigenvalue weighted by atomic mass is 10.1. The third-order valence-electron chi connectivity index (χ3n) is 5.92. The first kappa shape index (κ1) is 26.7. The molecule has 0 aliphatic carbocycles. The van der Waals surface area contributed by atoms with Crippen molar-refractivity contribution in [1.29, 1.82) is 0 Å². The minimum absolute atomic E-state index is 0.0660. The largest absolute Gasteiger partial charge is 0.492 e. The maximum atomic E-state index is 13.1. The highest BCUT2D eigenvalue weighted by atomic mass is 32.2. The number of carboxylic acids is 1. The van der Waals surface area contributed by atoms with Crippen LogP contribution in [0.1, 0.15) is 24.0 Å². The zero-order valence-corrected chi connectivity index (χ0v) is 21.1. The Labute approximate surface area is 206 Å². The highest BCUT2D eigenvalue weighted by Crippen LogP contribution is 2.26. The number of carbonyl (C=O) groups is 2.